The molecule has 33 heavy (non-hydrogen) atoms. The predicted molar refractivity (Wildman–Crippen MR) is 127 cm³/mol. The third-order valence-corrected chi connectivity index (χ3v) is 6.72. The number of ether oxygens (including phenoxy) is 3. The standard InChI is InChI=1S/C25H23NO6S/c1-4-12-32-22-16(6-5-7-18(22)31-3)17-13-19(27)26-21-20(24(25(28)29)33-23(17)21)14-8-10-15(30-2)11-9-14/h4-11,17H,1,12-13H2,2-3H3,(H,26,27)(H,28,29). The van der Waals surface area contributed by atoms with Gasteiger partial charge < -0.3 is 24.6 Å². The minimum atomic E-state index is -1.05. The van der Waals surface area contributed by atoms with Gasteiger partial charge in [0.15, 0.2) is 11.5 Å². The lowest BCUT2D eigenvalue weighted by Gasteiger charge is -2.26. The summed E-state index contributed by atoms with van der Waals surface area (Å²) >= 11 is 1.16. The van der Waals surface area contributed by atoms with Crippen LogP contribution in [0.5, 0.6) is 17.2 Å². The lowest BCUT2D eigenvalue weighted by molar-refractivity contribution is -0.116. The van der Waals surface area contributed by atoms with E-state index in [0.29, 0.717) is 34.1 Å². The van der Waals surface area contributed by atoms with Crippen LogP contribution in [-0.4, -0.2) is 37.8 Å². The highest BCUT2D eigenvalue weighted by Gasteiger charge is 2.36. The topological polar surface area (TPSA) is 94.1 Å². The lowest BCUT2D eigenvalue weighted by atomic mass is 9.88. The Morgan fingerprint density at radius 3 is 2.61 bits per heavy atom. The smallest absolute Gasteiger partial charge is 0.346 e. The zero-order valence-electron chi connectivity index (χ0n) is 18.2. The molecule has 2 N–H and O–H groups in total. The fourth-order valence-electron chi connectivity index (χ4n) is 3.99. The lowest BCUT2D eigenvalue weighted by Crippen LogP contribution is -2.23. The second-order valence-corrected chi connectivity index (χ2v) is 8.41. The van der Waals surface area contributed by atoms with Gasteiger partial charge in [-0.3, -0.25) is 4.79 Å². The Hall–Kier alpha value is -3.78. The van der Waals surface area contributed by atoms with Gasteiger partial charge in [0.25, 0.3) is 0 Å². The van der Waals surface area contributed by atoms with Crippen molar-refractivity contribution < 1.29 is 28.9 Å². The number of carboxylic acids is 1. The maximum Gasteiger partial charge on any atom is 0.346 e. The molecule has 0 fully saturated rings. The van der Waals surface area contributed by atoms with Crippen LogP contribution in [0.25, 0.3) is 11.1 Å². The number of carbonyl (C=O) groups is 2. The molecule has 0 bridgehead atoms. The third-order valence-electron chi connectivity index (χ3n) is 5.43. The molecule has 4 rings (SSSR count). The molecule has 7 nitrogen and oxygen atoms in total. The fraction of sp³-hybridized carbons (Fsp3) is 0.200. The molecule has 1 aliphatic rings. The van der Waals surface area contributed by atoms with Gasteiger partial charge >= 0.3 is 5.97 Å². The Labute approximate surface area is 195 Å². The number of thiophene rings is 1. The van der Waals surface area contributed by atoms with Gasteiger partial charge in [-0.15, -0.1) is 11.3 Å². The van der Waals surface area contributed by atoms with E-state index < -0.39 is 11.9 Å². The molecule has 3 aromatic rings. The molecule has 0 aliphatic carbocycles. The number of hydrogen-bond donors (Lipinski definition) is 2. The van der Waals surface area contributed by atoms with Gasteiger partial charge in [0.05, 0.1) is 19.9 Å². The number of aromatic carboxylic acids is 1. The molecular formula is C25H23NO6S. The SMILES string of the molecule is C=CCOc1c(OC)cccc1C1CC(=O)Nc2c1sc(C(=O)O)c2-c1ccc(OC)cc1. The van der Waals surface area contributed by atoms with Gasteiger partial charge in [0, 0.05) is 28.3 Å². The van der Waals surface area contributed by atoms with E-state index in [1.165, 1.54) is 0 Å². The van der Waals surface area contributed by atoms with E-state index in [4.69, 9.17) is 14.2 Å². The Morgan fingerprint density at radius 1 is 1.21 bits per heavy atom. The summed E-state index contributed by atoms with van der Waals surface area (Å²) in [5.74, 6) is 0.0614. The van der Waals surface area contributed by atoms with Gasteiger partial charge in [0.2, 0.25) is 5.91 Å². The van der Waals surface area contributed by atoms with E-state index in [1.807, 2.05) is 12.1 Å². The van der Waals surface area contributed by atoms with Crippen LogP contribution in [0.4, 0.5) is 5.69 Å². The number of carbonyl (C=O) groups excluding carboxylic acids is 1. The van der Waals surface area contributed by atoms with Crippen molar-refractivity contribution >= 4 is 28.9 Å². The van der Waals surface area contributed by atoms with Crippen LogP contribution < -0.4 is 19.5 Å². The van der Waals surface area contributed by atoms with Crippen molar-refractivity contribution in [1.82, 2.24) is 0 Å². The van der Waals surface area contributed by atoms with Gasteiger partial charge in [-0.2, -0.15) is 0 Å². The molecule has 0 spiro atoms. The number of methoxy groups -OCH3 is 2. The summed E-state index contributed by atoms with van der Waals surface area (Å²) in [6, 6.07) is 12.6. The molecular weight excluding hydrogens is 442 g/mol. The first-order valence-corrected chi connectivity index (χ1v) is 11.0. The normalized spacial score (nSPS) is 14.7. The number of fused-ring (bicyclic) bond motifs is 1. The van der Waals surface area contributed by atoms with Crippen molar-refractivity contribution in [3.05, 3.63) is 70.4 Å². The van der Waals surface area contributed by atoms with Crippen molar-refractivity contribution in [2.45, 2.75) is 12.3 Å². The van der Waals surface area contributed by atoms with Crippen LogP contribution in [0.2, 0.25) is 0 Å². The molecule has 1 unspecified atom stereocenters. The third kappa shape index (κ3) is 4.17. The Morgan fingerprint density at radius 2 is 1.97 bits per heavy atom. The number of carboxylic acid groups (broad SMARTS) is 1. The van der Waals surface area contributed by atoms with Crippen LogP contribution in [0.3, 0.4) is 0 Å². The molecule has 1 aliphatic heterocycles. The Bertz CT molecular complexity index is 1210. The number of benzene rings is 2. The van der Waals surface area contributed by atoms with Crippen molar-refractivity contribution in [3.63, 3.8) is 0 Å². The quantitative estimate of drug-likeness (QED) is 0.446. The summed E-state index contributed by atoms with van der Waals surface area (Å²) in [6.07, 6.45) is 1.79. The second-order valence-electron chi connectivity index (χ2n) is 7.36. The van der Waals surface area contributed by atoms with Gasteiger partial charge in [-0.25, -0.2) is 4.79 Å². The second kappa shape index (κ2) is 9.38. The highest BCUT2D eigenvalue weighted by molar-refractivity contribution is 7.15. The number of amides is 1. The molecule has 1 atom stereocenters. The van der Waals surface area contributed by atoms with Gasteiger partial charge in [-0.05, 0) is 23.8 Å². The first-order valence-electron chi connectivity index (χ1n) is 10.2. The largest absolute Gasteiger partial charge is 0.497 e. The number of anilines is 1. The average Bonchev–Trinajstić information content (AvgIpc) is 3.21. The summed E-state index contributed by atoms with van der Waals surface area (Å²) in [4.78, 5) is 25.9. The summed E-state index contributed by atoms with van der Waals surface area (Å²) in [6.45, 7) is 3.96. The van der Waals surface area contributed by atoms with Crippen molar-refractivity contribution in [2.75, 3.05) is 26.1 Å². The van der Waals surface area contributed by atoms with Crippen LogP contribution in [0.15, 0.2) is 55.1 Å². The summed E-state index contributed by atoms with van der Waals surface area (Å²) in [7, 11) is 3.11. The van der Waals surface area contributed by atoms with Crippen LogP contribution >= 0.6 is 11.3 Å². The minimum Gasteiger partial charge on any atom is -0.497 e. The fourth-order valence-corrected chi connectivity index (χ4v) is 5.22. The monoisotopic (exact) mass is 465 g/mol. The Kier molecular flexibility index (Phi) is 6.37. The van der Waals surface area contributed by atoms with E-state index in [1.54, 1.807) is 50.6 Å². The first kappa shape index (κ1) is 22.4. The van der Waals surface area contributed by atoms with Crippen LogP contribution in [-0.2, 0) is 4.79 Å². The molecule has 1 amide bonds. The number of rotatable bonds is 8. The van der Waals surface area contributed by atoms with Crippen molar-refractivity contribution in [1.29, 1.82) is 0 Å². The van der Waals surface area contributed by atoms with Gasteiger partial charge in [0.1, 0.15) is 17.2 Å². The van der Waals surface area contributed by atoms with E-state index >= 15 is 0 Å². The van der Waals surface area contributed by atoms with E-state index in [0.717, 1.165) is 21.8 Å². The van der Waals surface area contributed by atoms with E-state index in [2.05, 4.69) is 11.9 Å². The summed E-state index contributed by atoms with van der Waals surface area (Å²) in [5, 5.41) is 12.9. The average molecular weight is 466 g/mol. The Balaban J connectivity index is 1.91. The highest BCUT2D eigenvalue weighted by atomic mass is 32.1. The molecule has 0 saturated heterocycles. The molecule has 8 heteroatoms. The minimum absolute atomic E-state index is 0.159. The molecule has 170 valence electrons. The predicted octanol–water partition coefficient (Wildman–Crippen LogP) is 5.17. The van der Waals surface area contributed by atoms with Crippen LogP contribution in [0.1, 0.15) is 32.5 Å². The number of hydrogen-bond acceptors (Lipinski definition) is 6. The highest BCUT2D eigenvalue weighted by Crippen LogP contribution is 2.52. The van der Waals surface area contributed by atoms with E-state index in [9.17, 15) is 14.7 Å². The van der Waals surface area contributed by atoms with Crippen molar-refractivity contribution in [3.8, 4) is 28.4 Å². The van der Waals surface area contributed by atoms with Crippen molar-refractivity contribution in [2.24, 2.45) is 0 Å². The number of para-hydroxylation sites is 1. The maximum atomic E-state index is 12.8. The summed E-state index contributed by atoms with van der Waals surface area (Å²) < 4.78 is 16.6. The van der Waals surface area contributed by atoms with Gasteiger partial charge in [-0.1, -0.05) is 36.9 Å². The molecule has 0 radical (unpaired) electrons. The zero-order valence-corrected chi connectivity index (χ0v) is 19.0. The molecule has 2 heterocycles. The zero-order chi connectivity index (χ0) is 23.5. The first-order chi connectivity index (χ1) is 16.0. The van der Waals surface area contributed by atoms with E-state index in [-0.39, 0.29) is 23.8 Å². The molecule has 1 aromatic heterocycles. The number of nitrogens with one attached hydrogen (secondary N) is 1. The molecule has 0 saturated carbocycles. The summed E-state index contributed by atoms with van der Waals surface area (Å²) in [5.41, 5.74) is 2.44. The molecule has 2 aromatic carbocycles. The maximum absolute atomic E-state index is 12.8. The van der Waals surface area contributed by atoms with Crippen LogP contribution in [0, 0.1) is 0 Å².